The van der Waals surface area contributed by atoms with Gasteiger partial charge in [0.2, 0.25) is 5.95 Å². The Morgan fingerprint density at radius 1 is 0.333 bits per heavy atom. The third kappa shape index (κ3) is 4.25. The van der Waals surface area contributed by atoms with Gasteiger partial charge in [-0.25, -0.2) is 4.98 Å². The summed E-state index contributed by atoms with van der Waals surface area (Å²) >= 11 is 1.88. The Hall–Kier alpha value is -7.41. The van der Waals surface area contributed by atoms with Crippen molar-refractivity contribution >= 4 is 102 Å². The van der Waals surface area contributed by atoms with E-state index in [1.807, 2.05) is 47.7 Å². The molecule has 5 nitrogen and oxygen atoms in total. The van der Waals surface area contributed by atoms with E-state index in [4.69, 9.17) is 15.0 Å². The van der Waals surface area contributed by atoms with E-state index >= 15 is 0 Å². The molecule has 0 aliphatic carbocycles. The van der Waals surface area contributed by atoms with Crippen LogP contribution in [0.3, 0.4) is 0 Å². The Morgan fingerprint density at radius 2 is 0.860 bits per heavy atom. The first-order valence-electron chi connectivity index (χ1n) is 19.2. The lowest BCUT2D eigenvalue weighted by atomic mass is 10.0. The smallest absolute Gasteiger partial charge is 0.238 e. The predicted molar refractivity (Wildman–Crippen MR) is 239 cm³/mol. The van der Waals surface area contributed by atoms with Gasteiger partial charge in [-0.1, -0.05) is 146 Å². The van der Waals surface area contributed by atoms with Crippen LogP contribution in [0.4, 0.5) is 0 Å². The summed E-state index contributed by atoms with van der Waals surface area (Å²) in [4.78, 5) is 15.5. The molecule has 0 unspecified atom stereocenters. The molecule has 0 amide bonds. The lowest BCUT2D eigenvalue weighted by molar-refractivity contribution is 0.953. The van der Waals surface area contributed by atoms with E-state index in [1.54, 1.807) is 0 Å². The Labute approximate surface area is 329 Å². The average Bonchev–Trinajstić information content (AvgIpc) is 3.95. The highest BCUT2D eigenvalue weighted by atomic mass is 32.1. The first kappa shape index (κ1) is 30.9. The van der Waals surface area contributed by atoms with Crippen molar-refractivity contribution in [3.8, 4) is 28.7 Å². The molecular formula is C51H29N5S. The van der Waals surface area contributed by atoms with Crippen molar-refractivity contribution in [1.29, 1.82) is 0 Å². The van der Waals surface area contributed by atoms with Gasteiger partial charge in [0.1, 0.15) is 0 Å². The molecule has 0 atom stereocenters. The van der Waals surface area contributed by atoms with Gasteiger partial charge in [-0.15, -0.1) is 11.3 Å². The van der Waals surface area contributed by atoms with Crippen molar-refractivity contribution in [3.05, 3.63) is 176 Å². The molecular weight excluding hydrogens is 715 g/mol. The molecule has 0 spiro atoms. The van der Waals surface area contributed by atoms with Crippen molar-refractivity contribution < 1.29 is 0 Å². The second-order valence-electron chi connectivity index (χ2n) is 14.7. The number of hydrogen-bond donors (Lipinski definition) is 0. The van der Waals surface area contributed by atoms with E-state index in [9.17, 15) is 0 Å². The van der Waals surface area contributed by atoms with Crippen LogP contribution in [0.1, 0.15) is 0 Å². The molecule has 0 fully saturated rings. The van der Waals surface area contributed by atoms with Gasteiger partial charge in [0.15, 0.2) is 11.6 Å². The summed E-state index contributed by atoms with van der Waals surface area (Å²) < 4.78 is 7.39. The number of thiophene rings is 1. The molecule has 5 heterocycles. The summed E-state index contributed by atoms with van der Waals surface area (Å²) in [5.41, 5.74) is 7.53. The highest BCUT2D eigenvalue weighted by Gasteiger charge is 2.24. The van der Waals surface area contributed by atoms with Crippen LogP contribution in [0.5, 0.6) is 0 Å². The molecule has 0 saturated carbocycles. The molecule has 0 aliphatic rings. The van der Waals surface area contributed by atoms with Gasteiger partial charge in [0.25, 0.3) is 0 Å². The molecule has 0 N–H and O–H groups in total. The third-order valence-electron chi connectivity index (χ3n) is 11.7. The number of aromatic nitrogens is 5. The van der Waals surface area contributed by atoms with Crippen molar-refractivity contribution in [2.24, 2.45) is 0 Å². The van der Waals surface area contributed by atoms with Crippen LogP contribution in [0.25, 0.3) is 120 Å². The van der Waals surface area contributed by atoms with Crippen molar-refractivity contribution in [2.45, 2.75) is 0 Å². The minimum Gasteiger partial charge on any atom is -0.307 e. The van der Waals surface area contributed by atoms with Crippen LogP contribution in [0, 0.1) is 0 Å². The van der Waals surface area contributed by atoms with E-state index in [0.29, 0.717) is 17.6 Å². The lowest BCUT2D eigenvalue weighted by Crippen LogP contribution is -2.06. The minimum absolute atomic E-state index is 0.582. The Bertz CT molecular complexity index is 3750. The largest absolute Gasteiger partial charge is 0.307 e. The molecule has 0 aliphatic heterocycles. The second kappa shape index (κ2) is 11.6. The summed E-state index contributed by atoms with van der Waals surface area (Å²) in [5, 5.41) is 12.3. The molecule has 13 rings (SSSR count). The minimum atomic E-state index is 0.582. The van der Waals surface area contributed by atoms with E-state index in [0.717, 1.165) is 32.9 Å². The number of rotatable bonds is 3. The first-order chi connectivity index (χ1) is 28.3. The molecule has 8 aromatic carbocycles. The predicted octanol–water partition coefficient (Wildman–Crippen LogP) is 13.5. The van der Waals surface area contributed by atoms with E-state index in [2.05, 4.69) is 148 Å². The fourth-order valence-corrected chi connectivity index (χ4v) is 10.5. The number of hydrogen-bond acceptors (Lipinski definition) is 4. The van der Waals surface area contributed by atoms with Crippen LogP contribution in [0.2, 0.25) is 0 Å². The SMILES string of the molecule is c1ccc(-c2nc(-c3ccccc3)nc(-n3c4ccccc4c4c3ccc3c5cccc6c7ccccc7c7cccc8sc9cccc(c9c87)n(c65)c34)n2)cc1. The monoisotopic (exact) mass is 743 g/mol. The van der Waals surface area contributed by atoms with Crippen LogP contribution in [-0.4, -0.2) is 23.9 Å². The van der Waals surface area contributed by atoms with Crippen molar-refractivity contribution in [3.63, 3.8) is 0 Å². The molecule has 6 heteroatoms. The summed E-state index contributed by atoms with van der Waals surface area (Å²) in [7, 11) is 0. The Kier molecular flexibility index (Phi) is 6.26. The van der Waals surface area contributed by atoms with Crippen molar-refractivity contribution in [1.82, 2.24) is 23.9 Å². The van der Waals surface area contributed by atoms with Crippen LogP contribution in [-0.2, 0) is 0 Å². The van der Waals surface area contributed by atoms with Gasteiger partial charge in [-0.3, -0.25) is 4.57 Å². The maximum absolute atomic E-state index is 5.24. The number of benzene rings is 8. The summed E-state index contributed by atoms with van der Waals surface area (Å²) in [6.07, 6.45) is 0. The van der Waals surface area contributed by atoms with Crippen LogP contribution >= 0.6 is 11.3 Å². The first-order valence-corrected chi connectivity index (χ1v) is 20.0. The average molecular weight is 744 g/mol. The molecule has 264 valence electrons. The van der Waals surface area contributed by atoms with E-state index < -0.39 is 0 Å². The zero-order valence-electron chi connectivity index (χ0n) is 30.4. The highest BCUT2D eigenvalue weighted by Crippen LogP contribution is 2.46. The summed E-state index contributed by atoms with van der Waals surface area (Å²) in [6.45, 7) is 0. The zero-order chi connectivity index (χ0) is 37.2. The third-order valence-corrected chi connectivity index (χ3v) is 12.8. The van der Waals surface area contributed by atoms with Gasteiger partial charge >= 0.3 is 0 Å². The highest BCUT2D eigenvalue weighted by molar-refractivity contribution is 7.26. The summed E-state index contributed by atoms with van der Waals surface area (Å²) in [5.74, 6) is 1.85. The summed E-state index contributed by atoms with van der Waals surface area (Å²) in [6, 6.07) is 63.0. The normalized spacial score (nSPS) is 12.2. The van der Waals surface area contributed by atoms with Gasteiger partial charge in [0.05, 0.1) is 27.6 Å². The fraction of sp³-hybridized carbons (Fsp3) is 0. The lowest BCUT2D eigenvalue weighted by Gasteiger charge is -2.11. The maximum atomic E-state index is 5.24. The molecule has 0 bridgehead atoms. The quantitative estimate of drug-likeness (QED) is 0.181. The Morgan fingerprint density at radius 3 is 1.60 bits per heavy atom. The standard InChI is InChI=1S/C51H29N5S/c1-3-14-30(15-4-1)49-52-50(31-16-5-2-6-17-31)54-51(53-49)55-39-24-10-9-20-38(39)44-41(55)29-28-37-36-23-11-22-35-33-19-8-7-18-32(33)34-21-12-26-42-45(34)46-40(25-13-27-43(46)57-42)56(47(35)36)48(37)44/h1-29H. The fourth-order valence-electron chi connectivity index (χ4n) is 9.39. The van der Waals surface area contributed by atoms with Crippen LogP contribution < -0.4 is 0 Å². The molecule has 0 radical (unpaired) electrons. The molecule has 13 aromatic rings. The number of para-hydroxylation sites is 2. The van der Waals surface area contributed by atoms with E-state index in [-0.39, 0.29) is 0 Å². The zero-order valence-corrected chi connectivity index (χ0v) is 31.2. The van der Waals surface area contributed by atoms with Gasteiger partial charge < -0.3 is 4.40 Å². The van der Waals surface area contributed by atoms with E-state index in [1.165, 1.54) is 69.0 Å². The molecule has 57 heavy (non-hydrogen) atoms. The topological polar surface area (TPSA) is 48.0 Å². The Balaban J connectivity index is 1.27. The number of nitrogens with zero attached hydrogens (tertiary/aromatic N) is 5. The van der Waals surface area contributed by atoms with Gasteiger partial charge in [-0.2, -0.15) is 9.97 Å². The van der Waals surface area contributed by atoms with Gasteiger partial charge in [0, 0.05) is 58.2 Å². The second-order valence-corrected chi connectivity index (χ2v) is 15.8. The molecule has 0 saturated heterocycles. The van der Waals surface area contributed by atoms with Crippen LogP contribution in [0.15, 0.2) is 176 Å². The number of fused-ring (bicyclic) bond motifs is 11. The maximum Gasteiger partial charge on any atom is 0.238 e. The van der Waals surface area contributed by atoms with Crippen molar-refractivity contribution in [2.75, 3.05) is 0 Å². The molecule has 5 aromatic heterocycles. The van der Waals surface area contributed by atoms with Gasteiger partial charge in [-0.05, 0) is 46.5 Å².